The molecule has 0 unspecified atom stereocenters. The third kappa shape index (κ3) is 6.66. The molecule has 1 fully saturated rings. The van der Waals surface area contributed by atoms with Crippen LogP contribution < -0.4 is 10.6 Å². The Balaban J connectivity index is 0.00000353. The number of carbonyl (C=O) groups is 2. The van der Waals surface area contributed by atoms with Crippen LogP contribution in [-0.2, 0) is 17.8 Å². The number of thiazole rings is 1. The number of carbonyl (C=O) groups excluding carboxylic acids is 2. The summed E-state index contributed by atoms with van der Waals surface area (Å²) in [4.78, 5) is 36.2. The number of thiocarbonyl (C=S) groups is 1. The van der Waals surface area contributed by atoms with Crippen molar-refractivity contribution >= 4 is 75.3 Å². The topological polar surface area (TPSA) is 103 Å². The number of hydrogen-bond acceptors (Lipinski definition) is 8. The van der Waals surface area contributed by atoms with Crippen LogP contribution in [0.4, 0.5) is 0 Å². The van der Waals surface area contributed by atoms with Gasteiger partial charge in [0.25, 0.3) is 5.91 Å². The predicted molar refractivity (Wildman–Crippen MR) is 160 cm³/mol. The molecule has 0 bridgehead atoms. The number of aromatic nitrogens is 3. The van der Waals surface area contributed by atoms with Crippen molar-refractivity contribution < 1.29 is 9.59 Å². The lowest BCUT2D eigenvalue weighted by atomic mass is 9.81. The van der Waals surface area contributed by atoms with E-state index >= 15 is 0 Å². The lowest BCUT2D eigenvalue weighted by Gasteiger charge is -2.37. The van der Waals surface area contributed by atoms with Gasteiger partial charge < -0.3 is 20.4 Å². The summed E-state index contributed by atoms with van der Waals surface area (Å²) in [7, 11) is 5.59. The SMILES string of the molecule is CN1CCc2nc(C(=O)N[C@@H]3C[C@@H](C(=O)N(C)C)CC[C@@H]3NC(=S)c3cc4ccc(Cl)cc4nn3)sc2C1.Cl. The highest BCUT2D eigenvalue weighted by atomic mass is 35.5. The highest BCUT2D eigenvalue weighted by molar-refractivity contribution is 7.80. The number of nitrogens with one attached hydrogen (secondary N) is 2. The monoisotopic (exact) mass is 607 g/mol. The Labute approximate surface area is 248 Å². The van der Waals surface area contributed by atoms with E-state index in [-0.39, 0.29) is 42.2 Å². The summed E-state index contributed by atoms with van der Waals surface area (Å²) < 4.78 is 0. The molecule has 3 heterocycles. The second-order valence-corrected chi connectivity index (χ2v) is 12.1. The number of fused-ring (bicyclic) bond motifs is 2. The van der Waals surface area contributed by atoms with Gasteiger partial charge in [-0.2, -0.15) is 0 Å². The zero-order valence-electron chi connectivity index (χ0n) is 21.9. The Morgan fingerprint density at radius 1 is 1.15 bits per heavy atom. The number of rotatable bonds is 5. The molecule has 2 N–H and O–H groups in total. The minimum Gasteiger partial charge on any atom is -0.370 e. The van der Waals surface area contributed by atoms with Crippen LogP contribution in [0.25, 0.3) is 10.9 Å². The fourth-order valence-corrected chi connectivity index (χ4v) is 6.61. The molecular weight excluding hydrogens is 577 g/mol. The summed E-state index contributed by atoms with van der Waals surface area (Å²) in [6.07, 6.45) is 2.73. The Hall–Kier alpha value is -2.44. The Bertz CT molecular complexity index is 1400. The Morgan fingerprint density at radius 3 is 2.72 bits per heavy atom. The number of likely N-dealkylation sites (N-methyl/N-ethyl adjacent to an activating group) is 1. The van der Waals surface area contributed by atoms with E-state index in [0.29, 0.717) is 45.5 Å². The molecule has 3 atom stereocenters. The van der Waals surface area contributed by atoms with Gasteiger partial charge in [-0.1, -0.05) is 29.9 Å². The molecule has 39 heavy (non-hydrogen) atoms. The van der Waals surface area contributed by atoms with Crippen molar-refractivity contribution in [3.63, 3.8) is 0 Å². The van der Waals surface area contributed by atoms with E-state index < -0.39 is 0 Å². The fraction of sp³-hybridized carbons (Fsp3) is 0.462. The van der Waals surface area contributed by atoms with Gasteiger partial charge in [-0.25, -0.2) is 4.98 Å². The highest BCUT2D eigenvalue weighted by Gasteiger charge is 2.36. The van der Waals surface area contributed by atoms with Crippen molar-refractivity contribution in [1.82, 2.24) is 35.6 Å². The first-order valence-corrected chi connectivity index (χ1v) is 14.2. The zero-order chi connectivity index (χ0) is 27.0. The van der Waals surface area contributed by atoms with Gasteiger partial charge in [-0.05, 0) is 44.5 Å². The standard InChI is InChI=1S/C26H30ClN7O2S2.ClH/c1-33(2)26(36)15-5-7-17(29-24(37)21-10-14-4-6-16(27)12-19(14)31-32-21)20(11-15)28-23(35)25-30-18-8-9-34(3)13-22(18)38-25;/h4,6,10,12,15,17,20H,5,7-9,11,13H2,1-3H3,(H,28,35)(H,29,37);1H/t15-,17-,20+;/m0./s1. The van der Waals surface area contributed by atoms with Crippen LogP contribution in [0.1, 0.15) is 45.3 Å². The summed E-state index contributed by atoms with van der Waals surface area (Å²) in [5.74, 6) is -0.322. The van der Waals surface area contributed by atoms with E-state index in [9.17, 15) is 9.59 Å². The summed E-state index contributed by atoms with van der Waals surface area (Å²) in [5, 5.41) is 17.1. The molecule has 1 aliphatic heterocycles. The molecule has 2 aliphatic rings. The van der Waals surface area contributed by atoms with E-state index in [0.717, 1.165) is 35.5 Å². The summed E-state index contributed by atoms with van der Waals surface area (Å²) >= 11 is 13.2. The van der Waals surface area contributed by atoms with Crippen LogP contribution in [0.5, 0.6) is 0 Å². The van der Waals surface area contributed by atoms with Gasteiger partial charge in [-0.15, -0.1) is 33.9 Å². The third-order valence-corrected chi connectivity index (χ3v) is 8.82. The first-order valence-electron chi connectivity index (χ1n) is 12.6. The molecular formula is C26H31Cl2N7O2S2. The van der Waals surface area contributed by atoms with E-state index in [4.69, 9.17) is 23.8 Å². The maximum atomic E-state index is 13.3. The van der Waals surface area contributed by atoms with Gasteiger partial charge in [0, 0.05) is 60.9 Å². The molecule has 2 amide bonds. The molecule has 0 spiro atoms. The molecule has 3 aromatic rings. The molecule has 2 aromatic heterocycles. The van der Waals surface area contributed by atoms with Gasteiger partial charge >= 0.3 is 0 Å². The van der Waals surface area contributed by atoms with Gasteiger partial charge in [0.1, 0.15) is 10.7 Å². The lowest BCUT2D eigenvalue weighted by Crippen LogP contribution is -2.55. The van der Waals surface area contributed by atoms with Crippen molar-refractivity contribution in [3.05, 3.63) is 50.6 Å². The van der Waals surface area contributed by atoms with Crippen molar-refractivity contribution in [3.8, 4) is 0 Å². The van der Waals surface area contributed by atoms with E-state index in [1.807, 2.05) is 12.1 Å². The van der Waals surface area contributed by atoms with E-state index in [2.05, 4.69) is 37.8 Å². The molecule has 1 aromatic carbocycles. The van der Waals surface area contributed by atoms with Crippen LogP contribution >= 0.6 is 47.6 Å². The van der Waals surface area contributed by atoms with Gasteiger partial charge in [0.05, 0.1) is 17.3 Å². The minimum absolute atomic E-state index is 0. The van der Waals surface area contributed by atoms with Gasteiger partial charge in [0.15, 0.2) is 5.01 Å². The van der Waals surface area contributed by atoms with Crippen LogP contribution in [0, 0.1) is 5.92 Å². The smallest absolute Gasteiger partial charge is 0.280 e. The molecule has 13 heteroatoms. The maximum Gasteiger partial charge on any atom is 0.280 e. The van der Waals surface area contributed by atoms with Gasteiger partial charge in [-0.3, -0.25) is 9.59 Å². The largest absolute Gasteiger partial charge is 0.370 e. The summed E-state index contributed by atoms with van der Waals surface area (Å²) in [5.41, 5.74) is 2.24. The van der Waals surface area contributed by atoms with E-state index in [1.165, 1.54) is 11.3 Å². The second kappa shape index (κ2) is 12.4. The first kappa shape index (κ1) is 29.5. The quantitative estimate of drug-likeness (QED) is 0.425. The van der Waals surface area contributed by atoms with Crippen molar-refractivity contribution in [2.45, 2.75) is 44.3 Å². The lowest BCUT2D eigenvalue weighted by molar-refractivity contribution is -0.134. The Morgan fingerprint density at radius 2 is 1.95 bits per heavy atom. The van der Waals surface area contributed by atoms with Gasteiger partial charge in [0.2, 0.25) is 5.91 Å². The highest BCUT2D eigenvalue weighted by Crippen LogP contribution is 2.29. The Kier molecular flexibility index (Phi) is 9.38. The van der Waals surface area contributed by atoms with Crippen LogP contribution in [-0.4, -0.2) is 81.6 Å². The number of nitrogens with zero attached hydrogens (tertiary/aromatic N) is 5. The molecule has 0 saturated heterocycles. The van der Waals surface area contributed by atoms with Crippen molar-refractivity contribution in [1.29, 1.82) is 0 Å². The molecule has 1 aliphatic carbocycles. The third-order valence-electron chi connectivity index (χ3n) is 7.17. The minimum atomic E-state index is -0.307. The number of benzene rings is 1. The normalized spacial score (nSPS) is 21.0. The fourth-order valence-electron chi connectivity index (χ4n) is 5.11. The molecule has 0 radical (unpaired) electrons. The molecule has 9 nitrogen and oxygen atoms in total. The zero-order valence-corrected chi connectivity index (χ0v) is 25.1. The molecule has 5 rings (SSSR count). The second-order valence-electron chi connectivity index (χ2n) is 10.2. The number of halogens is 2. The first-order chi connectivity index (χ1) is 18.2. The maximum absolute atomic E-state index is 13.3. The van der Waals surface area contributed by atoms with Crippen molar-refractivity contribution in [2.24, 2.45) is 5.92 Å². The van der Waals surface area contributed by atoms with E-state index in [1.54, 1.807) is 31.1 Å². The predicted octanol–water partition coefficient (Wildman–Crippen LogP) is 3.47. The number of hydrogen-bond donors (Lipinski definition) is 2. The van der Waals surface area contributed by atoms with Crippen LogP contribution in [0.2, 0.25) is 5.02 Å². The van der Waals surface area contributed by atoms with Crippen LogP contribution in [0.15, 0.2) is 24.3 Å². The number of amides is 2. The van der Waals surface area contributed by atoms with Crippen LogP contribution in [0.3, 0.4) is 0 Å². The van der Waals surface area contributed by atoms with Crippen molar-refractivity contribution in [2.75, 3.05) is 27.7 Å². The molecule has 208 valence electrons. The molecule has 1 saturated carbocycles. The average molecular weight is 609 g/mol. The summed E-state index contributed by atoms with van der Waals surface area (Å²) in [6, 6.07) is 6.84. The average Bonchev–Trinajstić information content (AvgIpc) is 3.32. The summed E-state index contributed by atoms with van der Waals surface area (Å²) in [6.45, 7) is 1.74.